The van der Waals surface area contributed by atoms with Crippen molar-refractivity contribution in [3.05, 3.63) is 59.4 Å². The van der Waals surface area contributed by atoms with Crippen molar-refractivity contribution < 1.29 is 4.74 Å². The van der Waals surface area contributed by atoms with Gasteiger partial charge in [0.2, 0.25) is 0 Å². The Bertz CT molecular complexity index is 762. The number of alkyl halides is 1. The lowest BCUT2D eigenvalue weighted by atomic mass is 10.2. The number of aryl methyl sites for hydroxylation is 1. The van der Waals surface area contributed by atoms with E-state index in [0.29, 0.717) is 5.88 Å². The van der Waals surface area contributed by atoms with Gasteiger partial charge < -0.3 is 9.30 Å². The maximum Gasteiger partial charge on any atom is 0.125 e. The lowest BCUT2D eigenvalue weighted by Gasteiger charge is -2.10. The number of benzene rings is 2. The second-order valence-corrected chi connectivity index (χ2v) is 5.31. The molecule has 0 atom stereocenters. The van der Waals surface area contributed by atoms with Crippen LogP contribution in [0, 0.1) is 6.92 Å². The van der Waals surface area contributed by atoms with E-state index in [9.17, 15) is 0 Å². The van der Waals surface area contributed by atoms with Crippen molar-refractivity contribution in [2.45, 2.75) is 19.3 Å². The molecular formula is C17H17ClN2O. The fourth-order valence-corrected chi connectivity index (χ4v) is 2.80. The van der Waals surface area contributed by atoms with Crippen LogP contribution in [0.4, 0.5) is 0 Å². The average molecular weight is 301 g/mol. The fourth-order valence-electron chi connectivity index (χ4n) is 2.60. The third-order valence-corrected chi connectivity index (χ3v) is 3.91. The molecule has 0 radical (unpaired) electrons. The molecule has 1 aromatic heterocycles. The van der Waals surface area contributed by atoms with Crippen LogP contribution in [0.5, 0.6) is 5.75 Å². The van der Waals surface area contributed by atoms with Crippen LogP contribution in [0.15, 0.2) is 42.5 Å². The van der Waals surface area contributed by atoms with E-state index >= 15 is 0 Å². The standard InChI is InChI=1S/C17H17ClN2O/c1-12-4-3-5-15-17(12)20(16(10-18)19-15)11-13-6-8-14(21-2)9-7-13/h3-9H,10-11H2,1-2H3. The van der Waals surface area contributed by atoms with Crippen LogP contribution in [0.25, 0.3) is 11.0 Å². The summed E-state index contributed by atoms with van der Waals surface area (Å²) in [5.41, 5.74) is 4.57. The maximum absolute atomic E-state index is 6.07. The molecule has 0 fully saturated rings. The second-order valence-electron chi connectivity index (χ2n) is 5.04. The highest BCUT2D eigenvalue weighted by molar-refractivity contribution is 6.16. The molecule has 2 aromatic carbocycles. The van der Waals surface area contributed by atoms with Crippen molar-refractivity contribution in [2.75, 3.05) is 7.11 Å². The molecule has 0 unspecified atom stereocenters. The number of methoxy groups -OCH3 is 1. The zero-order chi connectivity index (χ0) is 14.8. The third kappa shape index (κ3) is 2.61. The van der Waals surface area contributed by atoms with Gasteiger partial charge >= 0.3 is 0 Å². The number of hydrogen-bond acceptors (Lipinski definition) is 2. The Balaban J connectivity index is 2.05. The number of aromatic nitrogens is 2. The van der Waals surface area contributed by atoms with Crippen molar-refractivity contribution in [1.82, 2.24) is 9.55 Å². The van der Waals surface area contributed by atoms with Crippen LogP contribution in [-0.2, 0) is 12.4 Å². The van der Waals surface area contributed by atoms with Gasteiger partial charge in [0.1, 0.15) is 11.6 Å². The Morgan fingerprint density at radius 3 is 2.57 bits per heavy atom. The first-order chi connectivity index (χ1) is 10.2. The Morgan fingerprint density at radius 2 is 1.90 bits per heavy atom. The number of ether oxygens (including phenoxy) is 1. The first-order valence-electron chi connectivity index (χ1n) is 6.86. The second kappa shape index (κ2) is 5.78. The quantitative estimate of drug-likeness (QED) is 0.677. The van der Waals surface area contributed by atoms with Crippen molar-refractivity contribution in [3.8, 4) is 5.75 Å². The van der Waals surface area contributed by atoms with Crippen molar-refractivity contribution in [3.63, 3.8) is 0 Å². The van der Waals surface area contributed by atoms with Gasteiger partial charge in [0.05, 0.1) is 24.0 Å². The molecule has 3 nitrogen and oxygen atoms in total. The predicted octanol–water partition coefficient (Wildman–Crippen LogP) is 4.14. The van der Waals surface area contributed by atoms with Gasteiger partial charge in [0.25, 0.3) is 0 Å². The minimum absolute atomic E-state index is 0.407. The molecule has 108 valence electrons. The molecule has 0 saturated carbocycles. The van der Waals surface area contributed by atoms with Crippen LogP contribution in [-0.4, -0.2) is 16.7 Å². The highest BCUT2D eigenvalue weighted by atomic mass is 35.5. The van der Waals surface area contributed by atoms with Gasteiger partial charge in [-0.15, -0.1) is 11.6 Å². The van der Waals surface area contributed by atoms with Gasteiger partial charge in [0, 0.05) is 6.54 Å². The summed E-state index contributed by atoms with van der Waals surface area (Å²) >= 11 is 6.07. The lowest BCUT2D eigenvalue weighted by molar-refractivity contribution is 0.414. The number of halogens is 1. The molecule has 0 spiro atoms. The van der Waals surface area contributed by atoms with Gasteiger partial charge in [-0.1, -0.05) is 24.3 Å². The summed E-state index contributed by atoms with van der Waals surface area (Å²) in [5, 5.41) is 0. The monoisotopic (exact) mass is 300 g/mol. The van der Waals surface area contributed by atoms with Crippen molar-refractivity contribution >= 4 is 22.6 Å². The van der Waals surface area contributed by atoms with Gasteiger partial charge in [0.15, 0.2) is 0 Å². The van der Waals surface area contributed by atoms with Gasteiger partial charge in [-0.3, -0.25) is 0 Å². The average Bonchev–Trinajstić information content (AvgIpc) is 2.87. The molecule has 0 aliphatic rings. The van der Waals surface area contributed by atoms with E-state index in [-0.39, 0.29) is 0 Å². The van der Waals surface area contributed by atoms with Gasteiger partial charge in [-0.2, -0.15) is 0 Å². The van der Waals surface area contributed by atoms with Crippen LogP contribution in [0.3, 0.4) is 0 Å². The third-order valence-electron chi connectivity index (χ3n) is 3.67. The minimum Gasteiger partial charge on any atom is -0.497 e. The molecule has 0 aliphatic carbocycles. The van der Waals surface area contributed by atoms with Crippen molar-refractivity contribution in [1.29, 1.82) is 0 Å². The molecule has 0 bridgehead atoms. The smallest absolute Gasteiger partial charge is 0.125 e. The van der Waals surface area contributed by atoms with E-state index in [1.807, 2.05) is 24.3 Å². The highest BCUT2D eigenvalue weighted by Crippen LogP contribution is 2.23. The Kier molecular flexibility index (Phi) is 3.84. The molecule has 0 aliphatic heterocycles. The van der Waals surface area contributed by atoms with E-state index in [0.717, 1.165) is 29.2 Å². The normalized spacial score (nSPS) is 11.0. The number of rotatable bonds is 4. The Morgan fingerprint density at radius 1 is 1.14 bits per heavy atom. The zero-order valence-corrected chi connectivity index (χ0v) is 12.9. The van der Waals surface area contributed by atoms with Gasteiger partial charge in [-0.05, 0) is 36.2 Å². The van der Waals surface area contributed by atoms with E-state index in [1.54, 1.807) is 7.11 Å². The van der Waals surface area contributed by atoms with Crippen LogP contribution < -0.4 is 4.74 Å². The minimum atomic E-state index is 0.407. The molecule has 21 heavy (non-hydrogen) atoms. The lowest BCUT2D eigenvalue weighted by Crippen LogP contribution is -2.04. The molecule has 3 aromatic rings. The summed E-state index contributed by atoms with van der Waals surface area (Å²) in [6.07, 6.45) is 0. The summed E-state index contributed by atoms with van der Waals surface area (Å²) in [7, 11) is 1.67. The molecule has 0 amide bonds. The van der Waals surface area contributed by atoms with E-state index < -0.39 is 0 Å². The number of imidazole rings is 1. The zero-order valence-electron chi connectivity index (χ0n) is 12.1. The molecule has 0 N–H and O–H groups in total. The first kappa shape index (κ1) is 14.0. The molecule has 3 rings (SSSR count). The number of hydrogen-bond donors (Lipinski definition) is 0. The fraction of sp³-hybridized carbons (Fsp3) is 0.235. The van der Waals surface area contributed by atoms with Crippen molar-refractivity contribution in [2.24, 2.45) is 0 Å². The number of nitrogens with zero attached hydrogens (tertiary/aromatic N) is 2. The summed E-state index contributed by atoms with van der Waals surface area (Å²) in [4.78, 5) is 4.63. The largest absolute Gasteiger partial charge is 0.497 e. The summed E-state index contributed by atoms with van der Waals surface area (Å²) in [5.74, 6) is 2.17. The first-order valence-corrected chi connectivity index (χ1v) is 7.40. The summed E-state index contributed by atoms with van der Waals surface area (Å²) < 4.78 is 7.39. The topological polar surface area (TPSA) is 27.1 Å². The van der Waals surface area contributed by atoms with E-state index in [1.165, 1.54) is 11.1 Å². The van der Waals surface area contributed by atoms with Crippen LogP contribution >= 0.6 is 11.6 Å². The predicted molar refractivity (Wildman–Crippen MR) is 86.1 cm³/mol. The SMILES string of the molecule is COc1ccc(Cn2c(CCl)nc3cccc(C)c32)cc1. The van der Waals surface area contributed by atoms with E-state index in [2.05, 4.69) is 34.7 Å². The summed E-state index contributed by atoms with van der Waals surface area (Å²) in [6.45, 7) is 2.86. The highest BCUT2D eigenvalue weighted by Gasteiger charge is 2.12. The summed E-state index contributed by atoms with van der Waals surface area (Å²) in [6, 6.07) is 14.3. The molecular weight excluding hydrogens is 284 g/mol. The Hall–Kier alpha value is -2.00. The molecule has 4 heteroatoms. The molecule has 0 saturated heterocycles. The molecule has 1 heterocycles. The van der Waals surface area contributed by atoms with Crippen LogP contribution in [0.1, 0.15) is 17.0 Å². The van der Waals surface area contributed by atoms with Crippen LogP contribution in [0.2, 0.25) is 0 Å². The number of fused-ring (bicyclic) bond motifs is 1. The maximum atomic E-state index is 6.07. The Labute approximate surface area is 129 Å². The van der Waals surface area contributed by atoms with E-state index in [4.69, 9.17) is 16.3 Å². The number of para-hydroxylation sites is 1. The van der Waals surface area contributed by atoms with Gasteiger partial charge in [-0.25, -0.2) is 4.98 Å².